The van der Waals surface area contributed by atoms with E-state index in [0.717, 1.165) is 33.0 Å². The van der Waals surface area contributed by atoms with Gasteiger partial charge in [-0.15, -0.1) is 11.8 Å². The van der Waals surface area contributed by atoms with Gasteiger partial charge in [0.05, 0.1) is 10.7 Å². The maximum Gasteiger partial charge on any atom is 0.0860 e. The van der Waals surface area contributed by atoms with Gasteiger partial charge in [-0.3, -0.25) is 9.97 Å². The molecular formula is C18H15ClN2S. The van der Waals surface area contributed by atoms with Crippen molar-refractivity contribution in [2.75, 3.05) is 6.26 Å². The molecule has 22 heavy (non-hydrogen) atoms. The maximum absolute atomic E-state index is 6.44. The molecule has 1 aromatic carbocycles. The van der Waals surface area contributed by atoms with E-state index in [0.29, 0.717) is 5.02 Å². The van der Waals surface area contributed by atoms with Gasteiger partial charge in [0.2, 0.25) is 0 Å². The highest BCUT2D eigenvalue weighted by atomic mass is 35.5. The Kier molecular flexibility index (Phi) is 4.46. The van der Waals surface area contributed by atoms with Crippen LogP contribution in [0.2, 0.25) is 5.02 Å². The third kappa shape index (κ3) is 2.87. The molecule has 0 unspecified atom stereocenters. The molecule has 0 aliphatic carbocycles. The predicted octanol–water partition coefficient (Wildman–Crippen LogP) is 5.49. The number of hydrogen-bond acceptors (Lipinski definition) is 3. The van der Waals surface area contributed by atoms with Crippen LogP contribution in [-0.4, -0.2) is 16.2 Å². The van der Waals surface area contributed by atoms with Gasteiger partial charge in [0.25, 0.3) is 0 Å². The lowest BCUT2D eigenvalue weighted by atomic mass is 10.0. The summed E-state index contributed by atoms with van der Waals surface area (Å²) >= 11 is 8.09. The average molecular weight is 327 g/mol. The minimum absolute atomic E-state index is 0.666. The monoisotopic (exact) mass is 326 g/mol. The van der Waals surface area contributed by atoms with Crippen molar-refractivity contribution in [1.82, 2.24) is 9.97 Å². The molecular weight excluding hydrogens is 312 g/mol. The van der Waals surface area contributed by atoms with E-state index < -0.39 is 0 Å². The van der Waals surface area contributed by atoms with Gasteiger partial charge in [-0.05, 0) is 30.9 Å². The van der Waals surface area contributed by atoms with E-state index in [2.05, 4.69) is 22.1 Å². The highest BCUT2D eigenvalue weighted by molar-refractivity contribution is 7.98. The number of rotatable bonds is 3. The predicted molar refractivity (Wildman–Crippen MR) is 94.4 cm³/mol. The van der Waals surface area contributed by atoms with E-state index in [4.69, 9.17) is 11.6 Å². The molecule has 0 bridgehead atoms. The molecule has 4 heteroatoms. The summed E-state index contributed by atoms with van der Waals surface area (Å²) in [5.41, 5.74) is 5.04. The van der Waals surface area contributed by atoms with Crippen LogP contribution in [0.4, 0.5) is 0 Å². The summed E-state index contributed by atoms with van der Waals surface area (Å²) in [5.74, 6) is 0. The fourth-order valence-corrected chi connectivity index (χ4v) is 3.46. The largest absolute Gasteiger partial charge is 0.261 e. The van der Waals surface area contributed by atoms with Crippen molar-refractivity contribution in [3.8, 4) is 22.4 Å². The molecule has 0 spiro atoms. The molecule has 2 heterocycles. The Morgan fingerprint density at radius 3 is 2.32 bits per heavy atom. The van der Waals surface area contributed by atoms with Crippen molar-refractivity contribution >= 4 is 23.4 Å². The number of benzene rings is 1. The summed E-state index contributed by atoms with van der Waals surface area (Å²) < 4.78 is 0. The van der Waals surface area contributed by atoms with E-state index >= 15 is 0 Å². The van der Waals surface area contributed by atoms with Crippen LogP contribution in [0.25, 0.3) is 22.4 Å². The average Bonchev–Trinajstić information content (AvgIpc) is 2.56. The summed E-state index contributed by atoms with van der Waals surface area (Å²) in [6.45, 7) is 1.98. The van der Waals surface area contributed by atoms with E-state index in [1.165, 1.54) is 0 Å². The Balaban J connectivity index is 2.23. The van der Waals surface area contributed by atoms with Gasteiger partial charge in [-0.1, -0.05) is 41.9 Å². The van der Waals surface area contributed by atoms with Gasteiger partial charge in [0.15, 0.2) is 0 Å². The molecule has 0 aliphatic heterocycles. The topological polar surface area (TPSA) is 25.8 Å². The lowest BCUT2D eigenvalue weighted by molar-refractivity contribution is 1.18. The van der Waals surface area contributed by atoms with Crippen molar-refractivity contribution < 1.29 is 0 Å². The summed E-state index contributed by atoms with van der Waals surface area (Å²) in [5, 5.41) is 0.666. The Morgan fingerprint density at radius 2 is 1.68 bits per heavy atom. The SMILES string of the molecule is CSc1c(-c2ccc(C)nc2)ncc(Cl)c1-c1ccccc1. The van der Waals surface area contributed by atoms with Crippen LogP contribution in [0, 0.1) is 6.92 Å². The summed E-state index contributed by atoms with van der Waals surface area (Å²) in [6.07, 6.45) is 5.63. The quantitative estimate of drug-likeness (QED) is 0.595. The van der Waals surface area contributed by atoms with Crippen LogP contribution in [0.3, 0.4) is 0 Å². The number of hydrogen-bond donors (Lipinski definition) is 0. The Hall–Kier alpha value is -1.84. The lowest BCUT2D eigenvalue weighted by Crippen LogP contribution is -1.93. The molecule has 0 fully saturated rings. The molecule has 0 amide bonds. The number of halogens is 1. The number of aryl methyl sites for hydroxylation is 1. The van der Waals surface area contributed by atoms with Crippen LogP contribution < -0.4 is 0 Å². The summed E-state index contributed by atoms with van der Waals surface area (Å²) in [4.78, 5) is 9.99. The first kappa shape index (κ1) is 15.1. The second kappa shape index (κ2) is 6.51. The third-order valence-corrected chi connectivity index (χ3v) is 4.53. The smallest absolute Gasteiger partial charge is 0.0860 e. The van der Waals surface area contributed by atoms with Crippen LogP contribution in [0.15, 0.2) is 59.8 Å². The molecule has 0 atom stereocenters. The highest BCUT2D eigenvalue weighted by Gasteiger charge is 2.16. The molecule has 110 valence electrons. The molecule has 0 saturated heterocycles. The molecule has 3 aromatic rings. The van der Waals surface area contributed by atoms with Crippen LogP contribution in [-0.2, 0) is 0 Å². The normalized spacial score (nSPS) is 10.7. The Labute approximate surface area is 139 Å². The molecule has 0 saturated carbocycles. The van der Waals surface area contributed by atoms with Gasteiger partial charge in [0.1, 0.15) is 0 Å². The van der Waals surface area contributed by atoms with E-state index in [1.807, 2.05) is 49.7 Å². The molecule has 2 nitrogen and oxygen atoms in total. The number of aromatic nitrogens is 2. The molecule has 0 N–H and O–H groups in total. The standard InChI is InChI=1S/C18H15ClN2S/c1-12-8-9-14(10-20-12)17-18(22-2)16(15(19)11-21-17)13-6-4-3-5-7-13/h3-11H,1-2H3. The van der Waals surface area contributed by atoms with Crippen LogP contribution >= 0.6 is 23.4 Å². The first-order valence-electron chi connectivity index (χ1n) is 6.91. The second-order valence-electron chi connectivity index (χ2n) is 4.92. The van der Waals surface area contributed by atoms with Crippen molar-refractivity contribution in [3.05, 3.63) is 65.6 Å². The van der Waals surface area contributed by atoms with E-state index in [9.17, 15) is 0 Å². The summed E-state index contributed by atoms with van der Waals surface area (Å²) in [6, 6.07) is 14.2. The van der Waals surface area contributed by atoms with Crippen LogP contribution in [0.1, 0.15) is 5.69 Å². The number of pyridine rings is 2. The van der Waals surface area contributed by atoms with Crippen molar-refractivity contribution in [2.24, 2.45) is 0 Å². The van der Waals surface area contributed by atoms with Crippen molar-refractivity contribution in [3.63, 3.8) is 0 Å². The number of thioether (sulfide) groups is 1. The molecule has 0 radical (unpaired) electrons. The van der Waals surface area contributed by atoms with Crippen LogP contribution in [0.5, 0.6) is 0 Å². The third-order valence-electron chi connectivity index (χ3n) is 3.44. The molecule has 0 aliphatic rings. The van der Waals surface area contributed by atoms with Gasteiger partial charge < -0.3 is 0 Å². The zero-order valence-corrected chi connectivity index (χ0v) is 13.9. The first-order chi connectivity index (χ1) is 10.7. The summed E-state index contributed by atoms with van der Waals surface area (Å²) in [7, 11) is 0. The van der Waals surface area contributed by atoms with Gasteiger partial charge >= 0.3 is 0 Å². The van der Waals surface area contributed by atoms with Gasteiger partial charge in [-0.2, -0.15) is 0 Å². The zero-order chi connectivity index (χ0) is 15.5. The van der Waals surface area contributed by atoms with Gasteiger partial charge in [-0.25, -0.2) is 0 Å². The van der Waals surface area contributed by atoms with E-state index in [1.54, 1.807) is 18.0 Å². The molecule has 3 rings (SSSR count). The number of nitrogens with zero attached hydrogens (tertiary/aromatic N) is 2. The van der Waals surface area contributed by atoms with Gasteiger partial charge in [0, 0.05) is 34.1 Å². The Bertz CT molecular complexity index is 786. The maximum atomic E-state index is 6.44. The van der Waals surface area contributed by atoms with E-state index in [-0.39, 0.29) is 0 Å². The fourth-order valence-electron chi connectivity index (χ4n) is 2.36. The zero-order valence-electron chi connectivity index (χ0n) is 12.4. The van der Waals surface area contributed by atoms with Crippen molar-refractivity contribution in [2.45, 2.75) is 11.8 Å². The Morgan fingerprint density at radius 1 is 0.909 bits per heavy atom. The highest BCUT2D eigenvalue weighted by Crippen LogP contribution is 2.40. The minimum atomic E-state index is 0.666. The molecule has 2 aromatic heterocycles. The fraction of sp³-hybridized carbons (Fsp3) is 0.111. The lowest BCUT2D eigenvalue weighted by Gasteiger charge is -2.14. The minimum Gasteiger partial charge on any atom is -0.261 e. The first-order valence-corrected chi connectivity index (χ1v) is 8.52. The second-order valence-corrected chi connectivity index (χ2v) is 6.14. The van der Waals surface area contributed by atoms with Crippen molar-refractivity contribution in [1.29, 1.82) is 0 Å².